The molecule has 2 aliphatic rings. The summed E-state index contributed by atoms with van der Waals surface area (Å²) in [4.78, 5) is 33.8. The molecule has 6 heteroatoms. The highest BCUT2D eigenvalue weighted by molar-refractivity contribution is 5.90. The second-order valence-corrected chi connectivity index (χ2v) is 8.86. The Morgan fingerprint density at radius 1 is 1.06 bits per heavy atom. The third kappa shape index (κ3) is 4.44. The second kappa shape index (κ2) is 9.24. The van der Waals surface area contributed by atoms with Crippen LogP contribution >= 0.6 is 0 Å². The zero-order chi connectivity index (χ0) is 22.7. The molecule has 0 bridgehead atoms. The van der Waals surface area contributed by atoms with E-state index in [1.807, 2.05) is 65.7 Å². The predicted molar refractivity (Wildman–Crippen MR) is 128 cm³/mol. The minimum atomic E-state index is -1.00. The third-order valence-electron chi connectivity index (χ3n) is 6.69. The molecule has 2 aromatic carbocycles. The number of para-hydroxylation sites is 1. The number of aromatic nitrogens is 1. The molecule has 1 saturated heterocycles. The van der Waals surface area contributed by atoms with Crippen LogP contribution < -0.4 is 0 Å². The van der Waals surface area contributed by atoms with Gasteiger partial charge in [0.05, 0.1) is 19.6 Å². The number of hydrogen-bond acceptors (Lipinski definition) is 3. The van der Waals surface area contributed by atoms with Crippen LogP contribution in [0.2, 0.25) is 0 Å². The maximum atomic E-state index is 13.6. The lowest BCUT2D eigenvalue weighted by Crippen LogP contribution is -2.61. The van der Waals surface area contributed by atoms with Crippen molar-refractivity contribution >= 4 is 22.7 Å². The summed E-state index contributed by atoms with van der Waals surface area (Å²) in [5.41, 5.74) is 2.20. The van der Waals surface area contributed by atoms with Crippen molar-refractivity contribution in [1.29, 1.82) is 0 Å². The molecule has 1 aromatic heterocycles. The van der Waals surface area contributed by atoms with Crippen LogP contribution in [0, 0.1) is 0 Å². The number of ether oxygens (including phenoxy) is 1. The fraction of sp³-hybridized carbons (Fsp3) is 0.333. The van der Waals surface area contributed by atoms with Gasteiger partial charge in [0.15, 0.2) is 5.60 Å². The Bertz CT molecular complexity index is 1170. The number of amides is 2. The van der Waals surface area contributed by atoms with Gasteiger partial charge in [-0.25, -0.2) is 0 Å². The second-order valence-electron chi connectivity index (χ2n) is 8.86. The molecule has 2 aliphatic heterocycles. The van der Waals surface area contributed by atoms with Crippen LogP contribution in [0.3, 0.4) is 0 Å². The van der Waals surface area contributed by atoms with Gasteiger partial charge in [-0.2, -0.15) is 0 Å². The summed E-state index contributed by atoms with van der Waals surface area (Å²) in [5, 5.41) is 1.06. The lowest BCUT2D eigenvalue weighted by atomic mass is 9.95. The van der Waals surface area contributed by atoms with Crippen LogP contribution in [-0.2, 0) is 27.2 Å². The maximum absolute atomic E-state index is 13.6. The molecule has 0 aliphatic carbocycles. The molecule has 2 amide bonds. The van der Waals surface area contributed by atoms with E-state index in [4.69, 9.17) is 4.74 Å². The molecule has 1 fully saturated rings. The van der Waals surface area contributed by atoms with Gasteiger partial charge in [0.1, 0.15) is 0 Å². The van der Waals surface area contributed by atoms with Crippen molar-refractivity contribution in [3.63, 3.8) is 0 Å². The van der Waals surface area contributed by atoms with Crippen LogP contribution in [-0.4, -0.2) is 65.0 Å². The zero-order valence-corrected chi connectivity index (χ0v) is 18.7. The fourth-order valence-electron chi connectivity index (χ4n) is 4.84. The average Bonchev–Trinajstić information content (AvgIpc) is 3.20. The smallest absolute Gasteiger partial charge is 0.257 e. The number of aromatic amines is 1. The van der Waals surface area contributed by atoms with E-state index >= 15 is 0 Å². The molecule has 1 N–H and O–H groups in total. The Morgan fingerprint density at radius 3 is 2.76 bits per heavy atom. The zero-order valence-electron chi connectivity index (χ0n) is 18.7. The van der Waals surface area contributed by atoms with E-state index < -0.39 is 5.60 Å². The highest BCUT2D eigenvalue weighted by Gasteiger charge is 2.46. The van der Waals surface area contributed by atoms with Crippen molar-refractivity contribution in [1.82, 2.24) is 14.8 Å². The van der Waals surface area contributed by atoms with E-state index in [-0.39, 0.29) is 11.8 Å². The summed E-state index contributed by atoms with van der Waals surface area (Å²) in [6.07, 6.45) is 7.55. The molecule has 0 unspecified atom stereocenters. The Labute approximate surface area is 193 Å². The summed E-state index contributed by atoms with van der Waals surface area (Å²) in [5.74, 6) is 0.00677. The number of nitrogens with one attached hydrogen (secondary N) is 1. The normalized spacial score (nSPS) is 21.0. The molecule has 0 radical (unpaired) electrons. The quantitative estimate of drug-likeness (QED) is 0.615. The van der Waals surface area contributed by atoms with Gasteiger partial charge < -0.3 is 19.5 Å². The van der Waals surface area contributed by atoms with Crippen LogP contribution in [0.25, 0.3) is 10.9 Å². The monoisotopic (exact) mass is 443 g/mol. The summed E-state index contributed by atoms with van der Waals surface area (Å²) in [6.45, 7) is 2.36. The standard InChI is InChI=1S/C27H29N3O3/c31-25(18-22-19-28-24-11-5-4-10-23(22)24)30-16-17-33-27(20-30)13-6-7-14-29(26(27)32)15-12-21-8-2-1-3-9-21/h1-11,19,28H,12-18,20H2/t27-/m0/s1. The summed E-state index contributed by atoms with van der Waals surface area (Å²) < 4.78 is 6.12. The number of carbonyl (C=O) groups is 2. The molecule has 5 rings (SSSR count). The number of hydrogen-bond donors (Lipinski definition) is 1. The molecule has 1 spiro atoms. The first kappa shape index (κ1) is 21.5. The van der Waals surface area contributed by atoms with Crippen molar-refractivity contribution in [3.05, 3.63) is 84.1 Å². The molecular weight excluding hydrogens is 414 g/mol. The molecular formula is C27H29N3O3. The van der Waals surface area contributed by atoms with Gasteiger partial charge in [-0.15, -0.1) is 0 Å². The maximum Gasteiger partial charge on any atom is 0.257 e. The highest BCUT2D eigenvalue weighted by Crippen LogP contribution is 2.28. The van der Waals surface area contributed by atoms with Crippen molar-refractivity contribution in [2.75, 3.05) is 32.8 Å². The van der Waals surface area contributed by atoms with E-state index in [1.165, 1.54) is 5.56 Å². The molecule has 3 heterocycles. The van der Waals surface area contributed by atoms with Gasteiger partial charge in [-0.05, 0) is 23.6 Å². The Balaban J connectivity index is 1.29. The first-order valence-corrected chi connectivity index (χ1v) is 11.6. The summed E-state index contributed by atoms with van der Waals surface area (Å²) in [7, 11) is 0. The Hall–Kier alpha value is -3.38. The van der Waals surface area contributed by atoms with Crippen LogP contribution in [0.5, 0.6) is 0 Å². The predicted octanol–water partition coefficient (Wildman–Crippen LogP) is 3.34. The number of rotatable bonds is 5. The lowest BCUT2D eigenvalue weighted by molar-refractivity contribution is -0.173. The van der Waals surface area contributed by atoms with Crippen molar-refractivity contribution in [3.8, 4) is 0 Å². The molecule has 1 atom stereocenters. The summed E-state index contributed by atoms with van der Waals surface area (Å²) >= 11 is 0. The molecule has 33 heavy (non-hydrogen) atoms. The number of H-pyrrole nitrogens is 1. The number of benzene rings is 2. The van der Waals surface area contributed by atoms with Gasteiger partial charge in [0.25, 0.3) is 5.91 Å². The third-order valence-corrected chi connectivity index (χ3v) is 6.69. The van der Waals surface area contributed by atoms with Crippen LogP contribution in [0.4, 0.5) is 0 Å². The van der Waals surface area contributed by atoms with E-state index in [0.717, 1.165) is 22.9 Å². The van der Waals surface area contributed by atoms with Gasteiger partial charge in [-0.1, -0.05) is 60.7 Å². The highest BCUT2D eigenvalue weighted by atomic mass is 16.5. The van der Waals surface area contributed by atoms with Gasteiger partial charge in [-0.3, -0.25) is 9.59 Å². The summed E-state index contributed by atoms with van der Waals surface area (Å²) in [6, 6.07) is 18.2. The first-order valence-electron chi connectivity index (χ1n) is 11.6. The Kier molecular flexibility index (Phi) is 6.01. The molecule has 3 aromatic rings. The lowest BCUT2D eigenvalue weighted by Gasteiger charge is -2.42. The van der Waals surface area contributed by atoms with Crippen molar-refractivity contribution < 1.29 is 14.3 Å². The van der Waals surface area contributed by atoms with Crippen LogP contribution in [0.15, 0.2) is 72.9 Å². The number of morpholine rings is 1. The average molecular weight is 444 g/mol. The van der Waals surface area contributed by atoms with Crippen LogP contribution in [0.1, 0.15) is 17.5 Å². The fourth-order valence-corrected chi connectivity index (χ4v) is 4.84. The van der Waals surface area contributed by atoms with Gasteiger partial charge in [0, 0.05) is 43.2 Å². The number of fused-ring (bicyclic) bond motifs is 1. The number of nitrogens with zero attached hydrogens (tertiary/aromatic N) is 2. The van der Waals surface area contributed by atoms with Crippen molar-refractivity contribution in [2.24, 2.45) is 0 Å². The SMILES string of the molecule is O=C(Cc1c[nH]c2ccccc12)N1CCO[C@@]2(CC=CCN(CCc3ccccc3)C2=O)C1. The van der Waals surface area contributed by atoms with E-state index in [2.05, 4.69) is 17.1 Å². The minimum Gasteiger partial charge on any atom is -0.361 e. The first-order chi connectivity index (χ1) is 16.1. The minimum absolute atomic E-state index is 0.0203. The number of carbonyl (C=O) groups excluding carboxylic acids is 2. The van der Waals surface area contributed by atoms with E-state index in [1.54, 1.807) is 4.90 Å². The topological polar surface area (TPSA) is 65.6 Å². The largest absolute Gasteiger partial charge is 0.361 e. The molecule has 170 valence electrons. The van der Waals surface area contributed by atoms with Crippen molar-refractivity contribution in [2.45, 2.75) is 24.9 Å². The van der Waals surface area contributed by atoms with E-state index in [0.29, 0.717) is 45.6 Å². The van der Waals surface area contributed by atoms with Gasteiger partial charge >= 0.3 is 0 Å². The Morgan fingerprint density at radius 2 is 1.88 bits per heavy atom. The molecule has 6 nitrogen and oxygen atoms in total. The van der Waals surface area contributed by atoms with E-state index in [9.17, 15) is 9.59 Å². The van der Waals surface area contributed by atoms with Gasteiger partial charge in [0.2, 0.25) is 5.91 Å². The molecule has 0 saturated carbocycles.